The van der Waals surface area contributed by atoms with Gasteiger partial charge in [0.15, 0.2) is 0 Å². The molecule has 0 saturated carbocycles. The summed E-state index contributed by atoms with van der Waals surface area (Å²) in [6.07, 6.45) is 9.84. The van der Waals surface area contributed by atoms with E-state index in [0.717, 1.165) is 12.8 Å². The molecule has 3 aliphatic rings. The lowest BCUT2D eigenvalue weighted by Crippen LogP contribution is -2.42. The third-order valence-electron chi connectivity index (χ3n) is 7.12. The van der Waals surface area contributed by atoms with Gasteiger partial charge in [-0.05, 0) is 55.4 Å². The van der Waals surface area contributed by atoms with Crippen molar-refractivity contribution in [2.75, 3.05) is 6.61 Å². The van der Waals surface area contributed by atoms with E-state index in [1.807, 2.05) is 6.92 Å². The van der Waals surface area contributed by atoms with Gasteiger partial charge in [0.25, 0.3) is 0 Å². The second-order valence-electron chi connectivity index (χ2n) is 9.81. The summed E-state index contributed by atoms with van der Waals surface area (Å²) in [6.45, 7) is 6.30. The molecule has 6 nitrogen and oxygen atoms in total. The Morgan fingerprint density at radius 2 is 2.06 bits per heavy atom. The van der Waals surface area contributed by atoms with Crippen LogP contribution >= 0.6 is 0 Å². The van der Waals surface area contributed by atoms with E-state index in [2.05, 4.69) is 32.1 Å². The van der Waals surface area contributed by atoms with E-state index < -0.39 is 6.10 Å². The molecule has 0 aromatic carbocycles. The number of cyclic esters (lactones) is 1. The highest BCUT2D eigenvalue weighted by Crippen LogP contribution is 2.45. The predicted octanol–water partition coefficient (Wildman–Crippen LogP) is 3.56. The maximum Gasteiger partial charge on any atom is 0.308 e. The maximum atomic E-state index is 12.7. The first kappa shape index (κ1) is 24.0. The monoisotopic (exact) mass is 434 g/mol. The van der Waals surface area contributed by atoms with Crippen molar-refractivity contribution in [1.29, 1.82) is 0 Å². The Labute approximate surface area is 185 Å². The molecule has 8 atom stereocenters. The fourth-order valence-corrected chi connectivity index (χ4v) is 5.42. The van der Waals surface area contributed by atoms with E-state index in [9.17, 15) is 14.7 Å². The molecule has 0 radical (unpaired) electrons. The van der Waals surface area contributed by atoms with Crippen molar-refractivity contribution >= 4 is 11.9 Å². The van der Waals surface area contributed by atoms with Crippen molar-refractivity contribution < 1.29 is 29.3 Å². The number of carbonyl (C=O) groups is 2. The van der Waals surface area contributed by atoms with Crippen LogP contribution in [0.3, 0.4) is 0 Å². The van der Waals surface area contributed by atoms with Crippen LogP contribution in [0, 0.1) is 29.6 Å². The van der Waals surface area contributed by atoms with Crippen LogP contribution in [0.1, 0.15) is 65.7 Å². The van der Waals surface area contributed by atoms with Crippen LogP contribution in [0.4, 0.5) is 0 Å². The Hall–Kier alpha value is -1.66. The smallest absolute Gasteiger partial charge is 0.308 e. The van der Waals surface area contributed by atoms with Crippen molar-refractivity contribution in [3.05, 3.63) is 23.8 Å². The lowest BCUT2D eigenvalue weighted by Gasteiger charge is -2.43. The van der Waals surface area contributed by atoms with Gasteiger partial charge in [-0.25, -0.2) is 0 Å². The topological polar surface area (TPSA) is 93.1 Å². The van der Waals surface area contributed by atoms with Crippen molar-refractivity contribution in [2.45, 2.75) is 84.0 Å². The van der Waals surface area contributed by atoms with E-state index >= 15 is 0 Å². The normalized spacial score (nSPS) is 36.2. The van der Waals surface area contributed by atoms with E-state index in [-0.39, 0.29) is 54.9 Å². The molecular weight excluding hydrogens is 396 g/mol. The summed E-state index contributed by atoms with van der Waals surface area (Å²) in [5, 5.41) is 19.0. The minimum absolute atomic E-state index is 0.0818. The molecule has 1 saturated heterocycles. The SMILES string of the molecule is C[C@@H]1C=C2C=C[C@@H](C)[C@@H](CCC3C[C@@H](O)CC(=O)O3)[C@@H]2[C@@H](OC(=O)[C@H](C)CCCO)C1. The van der Waals surface area contributed by atoms with Gasteiger partial charge < -0.3 is 19.7 Å². The van der Waals surface area contributed by atoms with Crippen LogP contribution in [0.2, 0.25) is 0 Å². The number of esters is 2. The van der Waals surface area contributed by atoms with Gasteiger partial charge in [0.2, 0.25) is 0 Å². The average Bonchev–Trinajstić information content (AvgIpc) is 2.70. The van der Waals surface area contributed by atoms with Gasteiger partial charge in [-0.2, -0.15) is 0 Å². The molecule has 1 heterocycles. The summed E-state index contributed by atoms with van der Waals surface area (Å²) in [7, 11) is 0. The Balaban J connectivity index is 1.71. The number of hydrogen-bond acceptors (Lipinski definition) is 6. The van der Waals surface area contributed by atoms with Gasteiger partial charge in [-0.3, -0.25) is 9.59 Å². The second kappa shape index (κ2) is 10.8. The molecule has 0 aromatic rings. The maximum absolute atomic E-state index is 12.7. The highest BCUT2D eigenvalue weighted by molar-refractivity contribution is 5.72. The molecule has 1 unspecified atom stereocenters. The molecular formula is C25H38O6. The summed E-state index contributed by atoms with van der Waals surface area (Å²) in [5.41, 5.74) is 1.24. The first-order chi connectivity index (χ1) is 14.8. The largest absolute Gasteiger partial charge is 0.462 e. The molecule has 1 fully saturated rings. The zero-order valence-electron chi connectivity index (χ0n) is 19.0. The first-order valence-corrected chi connectivity index (χ1v) is 11.9. The highest BCUT2D eigenvalue weighted by atomic mass is 16.5. The molecule has 0 aromatic heterocycles. The van der Waals surface area contributed by atoms with Crippen LogP contribution < -0.4 is 0 Å². The molecule has 0 spiro atoms. The number of aliphatic hydroxyl groups excluding tert-OH is 2. The van der Waals surface area contributed by atoms with Crippen LogP contribution in [0.15, 0.2) is 23.8 Å². The molecule has 1 aliphatic heterocycles. The van der Waals surface area contributed by atoms with Crippen molar-refractivity contribution in [1.82, 2.24) is 0 Å². The molecule has 6 heteroatoms. The Bertz CT molecular complexity index is 698. The molecule has 2 aliphatic carbocycles. The first-order valence-electron chi connectivity index (χ1n) is 11.9. The Morgan fingerprint density at radius 1 is 1.29 bits per heavy atom. The molecule has 3 rings (SSSR count). The van der Waals surface area contributed by atoms with E-state index in [1.165, 1.54) is 5.57 Å². The van der Waals surface area contributed by atoms with Crippen LogP contribution in [-0.2, 0) is 19.1 Å². The number of allylic oxidation sites excluding steroid dienone is 3. The highest BCUT2D eigenvalue weighted by Gasteiger charge is 2.42. The summed E-state index contributed by atoms with van der Waals surface area (Å²) >= 11 is 0. The van der Waals surface area contributed by atoms with Gasteiger partial charge in [-0.15, -0.1) is 0 Å². The lowest BCUT2D eigenvalue weighted by molar-refractivity contribution is -0.162. The molecule has 174 valence electrons. The Kier molecular flexibility index (Phi) is 8.34. The van der Waals surface area contributed by atoms with Crippen LogP contribution in [0.5, 0.6) is 0 Å². The van der Waals surface area contributed by atoms with E-state index in [4.69, 9.17) is 14.6 Å². The number of hydrogen-bond donors (Lipinski definition) is 2. The summed E-state index contributed by atoms with van der Waals surface area (Å²) in [5.74, 6) is 0.349. The van der Waals surface area contributed by atoms with Crippen LogP contribution in [-0.4, -0.2) is 47.1 Å². The molecule has 0 bridgehead atoms. The minimum atomic E-state index is -0.616. The number of ether oxygens (including phenoxy) is 2. The summed E-state index contributed by atoms with van der Waals surface area (Å²) in [6, 6.07) is 0. The van der Waals surface area contributed by atoms with Crippen LogP contribution in [0.25, 0.3) is 0 Å². The van der Waals surface area contributed by atoms with Crippen molar-refractivity contribution in [3.8, 4) is 0 Å². The molecule has 31 heavy (non-hydrogen) atoms. The van der Waals surface area contributed by atoms with Gasteiger partial charge in [0.05, 0.1) is 18.4 Å². The fraction of sp³-hybridized carbons (Fsp3) is 0.760. The Morgan fingerprint density at radius 3 is 2.77 bits per heavy atom. The third kappa shape index (κ3) is 6.19. The third-order valence-corrected chi connectivity index (χ3v) is 7.12. The standard InChI is InChI=1S/C25H38O6/c1-15-11-18-7-6-16(2)21(9-8-20-13-19(27)14-23(28)30-20)24(18)22(12-15)31-25(29)17(3)5-4-10-26/h6-7,11,15-17,19-22,24,26-27H,4-5,8-10,12-14H2,1-3H3/t15-,16-,17-,19-,20?,21-,22+,24-/m1/s1. The zero-order chi connectivity index (χ0) is 22.5. The fourth-order valence-electron chi connectivity index (χ4n) is 5.42. The minimum Gasteiger partial charge on any atom is -0.462 e. The van der Waals surface area contributed by atoms with E-state index in [0.29, 0.717) is 37.5 Å². The number of aliphatic hydroxyl groups is 2. The number of carbonyl (C=O) groups excluding carboxylic acids is 2. The van der Waals surface area contributed by atoms with Crippen molar-refractivity contribution in [2.24, 2.45) is 29.6 Å². The summed E-state index contributed by atoms with van der Waals surface area (Å²) in [4.78, 5) is 24.4. The molecule has 2 N–H and O–H groups in total. The zero-order valence-corrected chi connectivity index (χ0v) is 19.0. The van der Waals surface area contributed by atoms with Gasteiger partial charge in [-0.1, -0.05) is 39.0 Å². The molecule has 0 amide bonds. The second-order valence-corrected chi connectivity index (χ2v) is 9.81. The average molecular weight is 435 g/mol. The summed E-state index contributed by atoms with van der Waals surface area (Å²) < 4.78 is 11.5. The quantitative estimate of drug-likeness (QED) is 0.568. The van der Waals surface area contributed by atoms with Gasteiger partial charge in [0.1, 0.15) is 12.2 Å². The number of fused-ring (bicyclic) bond motifs is 1. The van der Waals surface area contributed by atoms with Gasteiger partial charge >= 0.3 is 11.9 Å². The predicted molar refractivity (Wildman–Crippen MR) is 117 cm³/mol. The van der Waals surface area contributed by atoms with E-state index in [1.54, 1.807) is 0 Å². The lowest BCUT2D eigenvalue weighted by atomic mass is 9.65. The van der Waals surface area contributed by atoms with Gasteiger partial charge in [0, 0.05) is 18.9 Å². The number of rotatable bonds is 8. The van der Waals surface area contributed by atoms with Crippen molar-refractivity contribution in [3.63, 3.8) is 0 Å².